The average Bonchev–Trinajstić information content (AvgIpc) is 2.38. The Hall–Kier alpha value is -0.470. The Morgan fingerprint density at radius 3 is 2.00 bits per heavy atom. The third kappa shape index (κ3) is 6.46. The van der Waals surface area contributed by atoms with Crippen LogP contribution in [-0.2, 0) is 17.6 Å². The summed E-state index contributed by atoms with van der Waals surface area (Å²) >= 11 is -0.849. The Morgan fingerprint density at radius 1 is 0.889 bits per heavy atom. The van der Waals surface area contributed by atoms with E-state index in [1.165, 1.54) is 50.5 Å². The standard InChI is InChI=1S/C16H26OS/c1-3-4-5-6-7-8-9-10-15-11-13-16(14-12-15)18(2)17/h11-14H,3-10H2,1-2H3. The fourth-order valence-electron chi connectivity index (χ4n) is 2.13. The Balaban J connectivity index is 2.12. The van der Waals surface area contributed by atoms with E-state index in [-0.39, 0.29) is 0 Å². The van der Waals surface area contributed by atoms with Crippen molar-refractivity contribution in [2.75, 3.05) is 6.26 Å². The van der Waals surface area contributed by atoms with E-state index in [1.54, 1.807) is 6.26 Å². The molecule has 2 heteroatoms. The van der Waals surface area contributed by atoms with Crippen molar-refractivity contribution in [2.24, 2.45) is 0 Å². The molecule has 0 fully saturated rings. The predicted molar refractivity (Wildman–Crippen MR) is 80.5 cm³/mol. The predicted octanol–water partition coefficient (Wildman–Crippen LogP) is 4.72. The molecule has 1 aromatic carbocycles. The molecule has 0 saturated heterocycles. The van der Waals surface area contributed by atoms with Gasteiger partial charge in [-0.15, -0.1) is 0 Å². The van der Waals surface area contributed by atoms with Gasteiger partial charge < -0.3 is 4.55 Å². The molecule has 0 N–H and O–H groups in total. The SMILES string of the molecule is CCCCCCCCCc1ccc([S+](C)[O-])cc1. The van der Waals surface area contributed by atoms with E-state index in [1.807, 2.05) is 12.1 Å². The minimum Gasteiger partial charge on any atom is -0.612 e. The van der Waals surface area contributed by atoms with Crippen LogP contribution < -0.4 is 0 Å². The zero-order valence-electron chi connectivity index (χ0n) is 11.8. The average molecular weight is 266 g/mol. The first-order valence-electron chi connectivity index (χ1n) is 7.16. The molecule has 0 heterocycles. The third-order valence-electron chi connectivity index (χ3n) is 3.32. The van der Waals surface area contributed by atoms with Crippen LogP contribution in [0.4, 0.5) is 0 Å². The topological polar surface area (TPSA) is 23.1 Å². The maximum atomic E-state index is 11.3. The van der Waals surface area contributed by atoms with E-state index in [0.29, 0.717) is 0 Å². The van der Waals surface area contributed by atoms with E-state index >= 15 is 0 Å². The van der Waals surface area contributed by atoms with Crippen LogP contribution in [0.2, 0.25) is 0 Å². The van der Waals surface area contributed by atoms with E-state index in [4.69, 9.17) is 0 Å². The maximum absolute atomic E-state index is 11.3. The number of rotatable bonds is 9. The molecule has 1 nitrogen and oxygen atoms in total. The van der Waals surface area contributed by atoms with Gasteiger partial charge in [0.05, 0.1) is 0 Å². The van der Waals surface area contributed by atoms with Gasteiger partial charge in [0.2, 0.25) is 0 Å². The highest BCUT2D eigenvalue weighted by atomic mass is 32.2. The summed E-state index contributed by atoms with van der Waals surface area (Å²) in [5, 5.41) is 0. The molecule has 0 spiro atoms. The van der Waals surface area contributed by atoms with Gasteiger partial charge in [-0.05, 0) is 41.7 Å². The maximum Gasteiger partial charge on any atom is 0.152 e. The molecule has 1 unspecified atom stereocenters. The summed E-state index contributed by atoms with van der Waals surface area (Å²) in [6.07, 6.45) is 12.4. The van der Waals surface area contributed by atoms with Crippen LogP contribution in [-0.4, -0.2) is 10.8 Å². The lowest BCUT2D eigenvalue weighted by atomic mass is 10.0. The van der Waals surface area contributed by atoms with Gasteiger partial charge in [0.25, 0.3) is 0 Å². The van der Waals surface area contributed by atoms with Crippen molar-refractivity contribution in [3.63, 3.8) is 0 Å². The smallest absolute Gasteiger partial charge is 0.152 e. The number of hydrogen-bond donors (Lipinski definition) is 0. The molecule has 0 aliphatic carbocycles. The molecule has 0 amide bonds. The zero-order chi connectivity index (χ0) is 13.2. The van der Waals surface area contributed by atoms with Gasteiger partial charge >= 0.3 is 0 Å². The molecule has 0 saturated carbocycles. The zero-order valence-corrected chi connectivity index (χ0v) is 12.6. The molecule has 0 aromatic heterocycles. The fraction of sp³-hybridized carbons (Fsp3) is 0.625. The van der Waals surface area contributed by atoms with Crippen LogP contribution in [0, 0.1) is 0 Å². The van der Waals surface area contributed by atoms with Crippen LogP contribution in [0.3, 0.4) is 0 Å². The van der Waals surface area contributed by atoms with Gasteiger partial charge in [0.1, 0.15) is 6.26 Å². The Labute approximate surface area is 115 Å². The van der Waals surface area contributed by atoms with Gasteiger partial charge in [0, 0.05) is 0 Å². The highest BCUT2D eigenvalue weighted by Gasteiger charge is 2.02. The summed E-state index contributed by atoms with van der Waals surface area (Å²) in [7, 11) is 0. The molecule has 0 bridgehead atoms. The van der Waals surface area contributed by atoms with Crippen molar-refractivity contribution < 1.29 is 4.55 Å². The summed E-state index contributed by atoms with van der Waals surface area (Å²) in [5.74, 6) is 0. The third-order valence-corrected chi connectivity index (χ3v) is 4.26. The van der Waals surface area contributed by atoms with Crippen LogP contribution >= 0.6 is 0 Å². The van der Waals surface area contributed by atoms with Crippen molar-refractivity contribution in [2.45, 2.75) is 63.2 Å². The number of aryl methyl sites for hydroxylation is 1. The minimum absolute atomic E-state index is 0.849. The summed E-state index contributed by atoms with van der Waals surface area (Å²) < 4.78 is 11.3. The largest absolute Gasteiger partial charge is 0.612 e. The second kappa shape index (κ2) is 9.46. The summed E-state index contributed by atoms with van der Waals surface area (Å²) in [5.41, 5.74) is 1.37. The van der Waals surface area contributed by atoms with E-state index < -0.39 is 11.2 Å². The van der Waals surface area contributed by atoms with Crippen molar-refractivity contribution in [1.82, 2.24) is 0 Å². The van der Waals surface area contributed by atoms with Gasteiger partial charge in [0.15, 0.2) is 4.90 Å². The second-order valence-corrected chi connectivity index (χ2v) is 6.35. The lowest BCUT2D eigenvalue weighted by Crippen LogP contribution is -1.97. The molecule has 1 aromatic rings. The van der Waals surface area contributed by atoms with E-state index in [9.17, 15) is 4.55 Å². The van der Waals surface area contributed by atoms with E-state index in [2.05, 4.69) is 19.1 Å². The van der Waals surface area contributed by atoms with Crippen molar-refractivity contribution in [1.29, 1.82) is 0 Å². The first kappa shape index (κ1) is 15.6. The van der Waals surface area contributed by atoms with Crippen LogP contribution in [0.5, 0.6) is 0 Å². The van der Waals surface area contributed by atoms with Crippen molar-refractivity contribution in [3.8, 4) is 0 Å². The van der Waals surface area contributed by atoms with Gasteiger partial charge in [-0.3, -0.25) is 0 Å². The van der Waals surface area contributed by atoms with Gasteiger partial charge in [-0.1, -0.05) is 57.6 Å². The second-order valence-electron chi connectivity index (χ2n) is 4.97. The molecule has 102 valence electrons. The lowest BCUT2D eigenvalue weighted by molar-refractivity contribution is 0.589. The molecule has 0 aliphatic heterocycles. The molecule has 1 rings (SSSR count). The Kier molecular flexibility index (Phi) is 8.19. The Bertz CT molecular complexity index is 305. The number of benzene rings is 1. The molecule has 18 heavy (non-hydrogen) atoms. The summed E-state index contributed by atoms with van der Waals surface area (Å²) in [6.45, 7) is 2.26. The quantitative estimate of drug-likeness (QED) is 0.468. The van der Waals surface area contributed by atoms with E-state index in [0.717, 1.165) is 11.3 Å². The first-order valence-corrected chi connectivity index (χ1v) is 8.72. The fourth-order valence-corrected chi connectivity index (χ4v) is 2.65. The Morgan fingerprint density at radius 2 is 1.44 bits per heavy atom. The first-order chi connectivity index (χ1) is 8.74. The number of hydrogen-bond acceptors (Lipinski definition) is 1. The van der Waals surface area contributed by atoms with Gasteiger partial charge in [-0.2, -0.15) is 0 Å². The molecule has 0 radical (unpaired) electrons. The number of unbranched alkanes of at least 4 members (excludes halogenated alkanes) is 6. The van der Waals surface area contributed by atoms with Crippen LogP contribution in [0.15, 0.2) is 29.2 Å². The van der Waals surface area contributed by atoms with Crippen molar-refractivity contribution >= 4 is 11.2 Å². The normalized spacial score (nSPS) is 12.6. The highest BCUT2D eigenvalue weighted by Crippen LogP contribution is 2.13. The molecule has 0 aliphatic rings. The van der Waals surface area contributed by atoms with Crippen LogP contribution in [0.25, 0.3) is 0 Å². The lowest BCUT2D eigenvalue weighted by Gasteiger charge is -2.05. The molecular formula is C16H26OS. The van der Waals surface area contributed by atoms with Crippen molar-refractivity contribution in [3.05, 3.63) is 29.8 Å². The molecular weight excluding hydrogens is 240 g/mol. The molecule has 1 atom stereocenters. The van der Waals surface area contributed by atoms with Crippen LogP contribution in [0.1, 0.15) is 57.4 Å². The summed E-state index contributed by atoms with van der Waals surface area (Å²) in [6, 6.07) is 8.22. The minimum atomic E-state index is -0.849. The summed E-state index contributed by atoms with van der Waals surface area (Å²) in [4.78, 5) is 0.929. The van der Waals surface area contributed by atoms with Gasteiger partial charge in [-0.25, -0.2) is 0 Å². The monoisotopic (exact) mass is 266 g/mol. The highest BCUT2D eigenvalue weighted by molar-refractivity contribution is 7.90.